The highest BCUT2D eigenvalue weighted by Gasteiger charge is 2.13. The molecule has 0 amide bonds. The Kier molecular flexibility index (Phi) is 3.39. The van der Waals surface area contributed by atoms with Gasteiger partial charge >= 0.3 is 0 Å². The molecule has 2 rings (SSSR count). The molecule has 0 atom stereocenters. The number of carbonyl (C=O) groups is 1. The average Bonchev–Trinajstić information content (AvgIpc) is 2.91. The lowest BCUT2D eigenvalue weighted by Crippen LogP contribution is -2.00. The molecular formula is C12H11NO3S. The number of ketones is 1. The Morgan fingerprint density at radius 2 is 1.82 bits per heavy atom. The van der Waals surface area contributed by atoms with Gasteiger partial charge in [-0.05, 0) is 12.1 Å². The van der Waals surface area contributed by atoms with Crippen LogP contribution in [0.4, 0.5) is 0 Å². The van der Waals surface area contributed by atoms with E-state index in [0.717, 1.165) is 0 Å². The molecule has 1 aromatic carbocycles. The summed E-state index contributed by atoms with van der Waals surface area (Å²) in [4.78, 5) is 16.6. The van der Waals surface area contributed by atoms with Gasteiger partial charge in [0.2, 0.25) is 5.78 Å². The van der Waals surface area contributed by atoms with E-state index in [1.807, 2.05) is 0 Å². The summed E-state index contributed by atoms with van der Waals surface area (Å²) in [6, 6.07) is 5.10. The lowest BCUT2D eigenvalue weighted by Gasteiger charge is -2.06. The number of aromatic nitrogens is 1. The molecule has 0 bridgehead atoms. The normalized spacial score (nSPS) is 10.0. The van der Waals surface area contributed by atoms with Crippen LogP contribution in [0.1, 0.15) is 15.2 Å². The predicted octanol–water partition coefficient (Wildman–Crippen LogP) is 2.39. The Morgan fingerprint density at radius 1 is 1.18 bits per heavy atom. The zero-order valence-electron chi connectivity index (χ0n) is 9.47. The molecule has 0 spiro atoms. The number of methoxy groups -OCH3 is 2. The Morgan fingerprint density at radius 3 is 2.29 bits per heavy atom. The van der Waals surface area contributed by atoms with Crippen LogP contribution in [-0.4, -0.2) is 25.0 Å². The highest BCUT2D eigenvalue weighted by Crippen LogP contribution is 2.24. The number of ether oxygens (including phenoxy) is 2. The second-order valence-electron chi connectivity index (χ2n) is 3.30. The van der Waals surface area contributed by atoms with Crippen LogP contribution in [0.25, 0.3) is 0 Å². The van der Waals surface area contributed by atoms with Crippen molar-refractivity contribution in [1.29, 1.82) is 0 Å². The predicted molar refractivity (Wildman–Crippen MR) is 65.1 cm³/mol. The maximum absolute atomic E-state index is 12.1. The van der Waals surface area contributed by atoms with Crippen molar-refractivity contribution in [2.24, 2.45) is 0 Å². The quantitative estimate of drug-likeness (QED) is 0.781. The van der Waals surface area contributed by atoms with Gasteiger partial charge in [-0.2, -0.15) is 0 Å². The van der Waals surface area contributed by atoms with E-state index in [9.17, 15) is 4.79 Å². The molecule has 0 radical (unpaired) electrons. The number of carbonyl (C=O) groups excluding carboxylic acids is 1. The van der Waals surface area contributed by atoms with Crippen LogP contribution in [0.2, 0.25) is 0 Å². The van der Waals surface area contributed by atoms with Gasteiger partial charge in [-0.25, -0.2) is 0 Å². The van der Waals surface area contributed by atoms with Gasteiger partial charge in [0, 0.05) is 17.8 Å². The van der Waals surface area contributed by atoms with Gasteiger partial charge in [-0.1, -0.05) is 0 Å². The van der Waals surface area contributed by atoms with Crippen molar-refractivity contribution in [3.63, 3.8) is 0 Å². The molecule has 0 unspecified atom stereocenters. The molecule has 0 aliphatic heterocycles. The number of hydrogen-bond acceptors (Lipinski definition) is 5. The number of benzene rings is 1. The molecular weight excluding hydrogens is 238 g/mol. The molecule has 88 valence electrons. The van der Waals surface area contributed by atoms with Crippen molar-refractivity contribution in [2.45, 2.75) is 0 Å². The summed E-state index contributed by atoms with van der Waals surface area (Å²) in [6.07, 6.45) is 1.55. The van der Waals surface area contributed by atoms with E-state index in [0.29, 0.717) is 21.9 Å². The summed E-state index contributed by atoms with van der Waals surface area (Å²) in [6.45, 7) is 0. The van der Waals surface area contributed by atoms with E-state index >= 15 is 0 Å². The number of rotatable bonds is 4. The first-order chi connectivity index (χ1) is 8.24. The van der Waals surface area contributed by atoms with Crippen molar-refractivity contribution in [1.82, 2.24) is 4.98 Å². The summed E-state index contributed by atoms with van der Waals surface area (Å²) in [5.74, 6) is 1.11. The SMILES string of the molecule is COc1cc(OC)cc(C(=O)c2cncs2)c1. The van der Waals surface area contributed by atoms with Crippen LogP contribution in [-0.2, 0) is 0 Å². The second-order valence-corrected chi connectivity index (χ2v) is 4.18. The molecule has 0 saturated heterocycles. The van der Waals surface area contributed by atoms with Crippen LogP contribution in [0.3, 0.4) is 0 Å². The fraction of sp³-hybridized carbons (Fsp3) is 0.167. The molecule has 0 aliphatic carbocycles. The Balaban J connectivity index is 2.41. The van der Waals surface area contributed by atoms with Gasteiger partial charge in [-0.3, -0.25) is 9.78 Å². The second kappa shape index (κ2) is 4.97. The lowest BCUT2D eigenvalue weighted by molar-refractivity contribution is 0.104. The highest BCUT2D eigenvalue weighted by molar-refractivity contribution is 7.11. The molecule has 4 nitrogen and oxygen atoms in total. The number of nitrogens with zero attached hydrogens (tertiary/aromatic N) is 1. The van der Waals surface area contributed by atoms with E-state index in [-0.39, 0.29) is 5.78 Å². The molecule has 1 heterocycles. The Labute approximate surface area is 103 Å². The first kappa shape index (κ1) is 11.6. The molecule has 17 heavy (non-hydrogen) atoms. The van der Waals surface area contributed by atoms with Crippen LogP contribution in [0.15, 0.2) is 29.9 Å². The van der Waals surface area contributed by atoms with Crippen LogP contribution >= 0.6 is 11.3 Å². The standard InChI is InChI=1S/C12H11NO3S/c1-15-9-3-8(4-10(5-9)16-2)12(14)11-6-13-7-17-11/h3-7H,1-2H3. The molecule has 0 N–H and O–H groups in total. The van der Waals surface area contributed by atoms with Crippen molar-refractivity contribution >= 4 is 17.1 Å². The lowest BCUT2D eigenvalue weighted by atomic mass is 10.1. The topological polar surface area (TPSA) is 48.4 Å². The monoisotopic (exact) mass is 249 g/mol. The summed E-state index contributed by atoms with van der Waals surface area (Å²) in [7, 11) is 3.10. The summed E-state index contributed by atoms with van der Waals surface area (Å²) in [5.41, 5.74) is 2.16. The van der Waals surface area contributed by atoms with E-state index < -0.39 is 0 Å². The fourth-order valence-corrected chi connectivity index (χ4v) is 1.99. The average molecular weight is 249 g/mol. The first-order valence-corrected chi connectivity index (χ1v) is 5.79. The van der Waals surface area contributed by atoms with Crippen molar-refractivity contribution in [3.8, 4) is 11.5 Å². The van der Waals surface area contributed by atoms with Gasteiger partial charge < -0.3 is 9.47 Å². The van der Waals surface area contributed by atoms with Crippen molar-refractivity contribution in [2.75, 3.05) is 14.2 Å². The Bertz CT molecular complexity index is 500. The minimum absolute atomic E-state index is 0.0790. The van der Waals surface area contributed by atoms with E-state index in [2.05, 4.69) is 4.98 Å². The first-order valence-electron chi connectivity index (χ1n) is 4.91. The zero-order chi connectivity index (χ0) is 12.3. The number of hydrogen-bond donors (Lipinski definition) is 0. The smallest absolute Gasteiger partial charge is 0.204 e. The highest BCUT2D eigenvalue weighted by atomic mass is 32.1. The maximum atomic E-state index is 12.1. The van der Waals surface area contributed by atoms with Crippen LogP contribution in [0, 0.1) is 0 Å². The molecule has 2 aromatic rings. The Hall–Kier alpha value is -1.88. The van der Waals surface area contributed by atoms with Crippen LogP contribution < -0.4 is 9.47 Å². The van der Waals surface area contributed by atoms with E-state index in [1.54, 1.807) is 44.1 Å². The third kappa shape index (κ3) is 2.45. The fourth-order valence-electron chi connectivity index (χ4n) is 1.41. The van der Waals surface area contributed by atoms with Gasteiger partial charge in [0.25, 0.3) is 0 Å². The van der Waals surface area contributed by atoms with E-state index in [4.69, 9.17) is 9.47 Å². The van der Waals surface area contributed by atoms with Gasteiger partial charge in [0.15, 0.2) is 0 Å². The summed E-state index contributed by atoms with van der Waals surface area (Å²) < 4.78 is 10.2. The van der Waals surface area contributed by atoms with Gasteiger partial charge in [0.05, 0.1) is 24.6 Å². The minimum Gasteiger partial charge on any atom is -0.497 e. The van der Waals surface area contributed by atoms with Gasteiger partial charge in [-0.15, -0.1) is 11.3 Å². The van der Waals surface area contributed by atoms with Crippen LogP contribution in [0.5, 0.6) is 11.5 Å². The van der Waals surface area contributed by atoms with E-state index in [1.165, 1.54) is 11.3 Å². The summed E-state index contributed by atoms with van der Waals surface area (Å²) in [5, 5.41) is 0. The third-order valence-corrected chi connectivity index (χ3v) is 3.04. The van der Waals surface area contributed by atoms with Gasteiger partial charge in [0.1, 0.15) is 11.5 Å². The molecule has 1 aromatic heterocycles. The number of thiazole rings is 1. The summed E-state index contributed by atoms with van der Waals surface area (Å²) >= 11 is 1.31. The zero-order valence-corrected chi connectivity index (χ0v) is 10.3. The molecule has 0 fully saturated rings. The molecule has 0 saturated carbocycles. The molecule has 0 aliphatic rings. The van der Waals surface area contributed by atoms with Crippen molar-refractivity contribution < 1.29 is 14.3 Å². The van der Waals surface area contributed by atoms with Crippen molar-refractivity contribution in [3.05, 3.63) is 40.3 Å². The minimum atomic E-state index is -0.0790. The molecule has 5 heteroatoms. The third-order valence-electron chi connectivity index (χ3n) is 2.27. The maximum Gasteiger partial charge on any atom is 0.204 e. The largest absolute Gasteiger partial charge is 0.497 e.